The molecule has 1 aliphatic heterocycles. The van der Waals surface area contributed by atoms with E-state index in [-0.39, 0.29) is 11.9 Å². The number of carbonyl (C=O) groups excluding carboxylic acids is 1. The summed E-state index contributed by atoms with van der Waals surface area (Å²) in [6.07, 6.45) is 3.92. The lowest BCUT2D eigenvalue weighted by atomic mass is 9.93. The van der Waals surface area contributed by atoms with E-state index in [4.69, 9.17) is 23.2 Å². The largest absolute Gasteiger partial charge is 0.350 e. The van der Waals surface area contributed by atoms with Crippen LogP contribution in [-0.2, 0) is 4.79 Å². The number of hydrogen-bond acceptors (Lipinski definition) is 2. The average molecular weight is 329 g/mol. The second-order valence-corrected chi connectivity index (χ2v) is 6.51. The zero-order chi connectivity index (χ0) is 15.2. The van der Waals surface area contributed by atoms with E-state index in [0.29, 0.717) is 22.4 Å². The first-order chi connectivity index (χ1) is 10.1. The standard InChI is InChI=1S/C16H22Cl2N2O/c1-11(13-3-4-14(17)15(18)10-13)20-16(21)5-2-12-6-8-19-9-7-12/h3-4,10-12,19H,2,5-9H2,1H3,(H,20,21). The Kier molecular flexibility index (Phi) is 6.34. The molecule has 1 fully saturated rings. The molecule has 0 aromatic heterocycles. The fraction of sp³-hybridized carbons (Fsp3) is 0.562. The Morgan fingerprint density at radius 1 is 1.33 bits per heavy atom. The molecule has 1 aromatic rings. The smallest absolute Gasteiger partial charge is 0.220 e. The second-order valence-electron chi connectivity index (χ2n) is 5.69. The maximum absolute atomic E-state index is 12.0. The van der Waals surface area contributed by atoms with Crippen molar-refractivity contribution in [3.8, 4) is 0 Å². The quantitative estimate of drug-likeness (QED) is 0.859. The van der Waals surface area contributed by atoms with Gasteiger partial charge in [0.15, 0.2) is 0 Å². The summed E-state index contributed by atoms with van der Waals surface area (Å²) < 4.78 is 0. The van der Waals surface area contributed by atoms with Gasteiger partial charge >= 0.3 is 0 Å². The second kappa shape index (κ2) is 8.02. The molecule has 2 N–H and O–H groups in total. The molecule has 3 nitrogen and oxygen atoms in total. The van der Waals surface area contributed by atoms with Gasteiger partial charge in [-0.15, -0.1) is 0 Å². The first kappa shape index (κ1) is 16.6. The molecular weight excluding hydrogens is 307 g/mol. The van der Waals surface area contributed by atoms with Crippen molar-refractivity contribution < 1.29 is 4.79 Å². The van der Waals surface area contributed by atoms with Gasteiger partial charge in [-0.1, -0.05) is 29.3 Å². The van der Waals surface area contributed by atoms with E-state index in [1.165, 1.54) is 12.8 Å². The van der Waals surface area contributed by atoms with Gasteiger partial charge in [0.2, 0.25) is 5.91 Å². The first-order valence-electron chi connectivity index (χ1n) is 7.51. The highest BCUT2D eigenvalue weighted by atomic mass is 35.5. The molecular formula is C16H22Cl2N2O. The summed E-state index contributed by atoms with van der Waals surface area (Å²) in [4.78, 5) is 12.0. The van der Waals surface area contributed by atoms with Crippen LogP contribution in [0.1, 0.15) is 44.2 Å². The molecule has 0 saturated carbocycles. The van der Waals surface area contributed by atoms with Gasteiger partial charge in [0.1, 0.15) is 0 Å². The van der Waals surface area contributed by atoms with Crippen LogP contribution in [0.4, 0.5) is 0 Å². The molecule has 1 unspecified atom stereocenters. The Morgan fingerprint density at radius 2 is 2.05 bits per heavy atom. The van der Waals surface area contributed by atoms with Crippen molar-refractivity contribution in [2.45, 2.75) is 38.6 Å². The minimum absolute atomic E-state index is 0.0553. The lowest BCUT2D eigenvalue weighted by molar-refractivity contribution is -0.122. The maximum Gasteiger partial charge on any atom is 0.220 e. The van der Waals surface area contributed by atoms with Gasteiger partial charge in [-0.05, 0) is 62.9 Å². The Labute approximate surface area is 136 Å². The number of rotatable bonds is 5. The Hall–Kier alpha value is -0.770. The van der Waals surface area contributed by atoms with Crippen LogP contribution < -0.4 is 10.6 Å². The van der Waals surface area contributed by atoms with Crippen molar-refractivity contribution in [1.82, 2.24) is 10.6 Å². The molecule has 0 radical (unpaired) electrons. The molecule has 0 bridgehead atoms. The van der Waals surface area contributed by atoms with Crippen LogP contribution in [0.25, 0.3) is 0 Å². The van der Waals surface area contributed by atoms with E-state index >= 15 is 0 Å². The fourth-order valence-corrected chi connectivity index (χ4v) is 2.99. The normalized spacial score (nSPS) is 17.5. The van der Waals surface area contributed by atoms with Crippen molar-refractivity contribution in [2.75, 3.05) is 13.1 Å². The van der Waals surface area contributed by atoms with Gasteiger partial charge in [-0.25, -0.2) is 0 Å². The lowest BCUT2D eigenvalue weighted by Gasteiger charge is -2.22. The number of carbonyl (C=O) groups is 1. The number of halogens is 2. The van der Waals surface area contributed by atoms with E-state index in [9.17, 15) is 4.79 Å². The third-order valence-corrected chi connectivity index (χ3v) is 4.80. The summed E-state index contributed by atoms with van der Waals surface area (Å²) in [6, 6.07) is 5.41. The van der Waals surface area contributed by atoms with Crippen molar-refractivity contribution in [2.24, 2.45) is 5.92 Å². The number of nitrogens with one attached hydrogen (secondary N) is 2. The zero-order valence-electron chi connectivity index (χ0n) is 12.3. The van der Waals surface area contributed by atoms with E-state index in [2.05, 4.69) is 10.6 Å². The highest BCUT2D eigenvalue weighted by Crippen LogP contribution is 2.25. The van der Waals surface area contributed by atoms with Crippen LogP contribution in [0.3, 0.4) is 0 Å². The van der Waals surface area contributed by atoms with E-state index in [1.807, 2.05) is 19.1 Å². The minimum Gasteiger partial charge on any atom is -0.350 e. The van der Waals surface area contributed by atoms with Crippen molar-refractivity contribution in [3.63, 3.8) is 0 Å². The number of piperidine rings is 1. The van der Waals surface area contributed by atoms with Gasteiger partial charge in [0.05, 0.1) is 16.1 Å². The summed E-state index contributed by atoms with van der Waals surface area (Å²) in [6.45, 7) is 4.11. The van der Waals surface area contributed by atoms with Crippen LogP contribution in [0.15, 0.2) is 18.2 Å². The number of benzene rings is 1. The highest BCUT2D eigenvalue weighted by Gasteiger charge is 2.16. The third kappa shape index (κ3) is 5.17. The molecule has 0 spiro atoms. The van der Waals surface area contributed by atoms with Gasteiger partial charge in [0, 0.05) is 6.42 Å². The van der Waals surface area contributed by atoms with Gasteiger partial charge < -0.3 is 10.6 Å². The SMILES string of the molecule is CC(NC(=O)CCC1CCNCC1)c1ccc(Cl)c(Cl)c1. The Balaban J connectivity index is 1.79. The lowest BCUT2D eigenvalue weighted by Crippen LogP contribution is -2.30. The molecule has 1 amide bonds. The third-order valence-electron chi connectivity index (χ3n) is 4.06. The van der Waals surface area contributed by atoms with Crippen molar-refractivity contribution in [3.05, 3.63) is 33.8 Å². The molecule has 2 rings (SSSR count). The van der Waals surface area contributed by atoms with Crippen LogP contribution in [0.2, 0.25) is 10.0 Å². The molecule has 1 aliphatic rings. The highest BCUT2D eigenvalue weighted by molar-refractivity contribution is 6.42. The molecule has 1 heterocycles. The minimum atomic E-state index is -0.0553. The molecule has 21 heavy (non-hydrogen) atoms. The molecule has 116 valence electrons. The van der Waals surface area contributed by atoms with E-state index in [0.717, 1.165) is 25.1 Å². The molecule has 1 atom stereocenters. The Bertz CT molecular complexity index is 487. The van der Waals surface area contributed by atoms with Crippen LogP contribution in [-0.4, -0.2) is 19.0 Å². The first-order valence-corrected chi connectivity index (χ1v) is 8.27. The van der Waals surface area contributed by atoms with Crippen LogP contribution >= 0.6 is 23.2 Å². The van der Waals surface area contributed by atoms with E-state index < -0.39 is 0 Å². The predicted octanol–water partition coefficient (Wildman–Crippen LogP) is 3.95. The van der Waals surface area contributed by atoms with Gasteiger partial charge in [-0.3, -0.25) is 4.79 Å². The Morgan fingerprint density at radius 3 is 2.71 bits per heavy atom. The topological polar surface area (TPSA) is 41.1 Å². The van der Waals surface area contributed by atoms with E-state index in [1.54, 1.807) is 6.07 Å². The van der Waals surface area contributed by atoms with Crippen molar-refractivity contribution in [1.29, 1.82) is 0 Å². The summed E-state index contributed by atoms with van der Waals surface area (Å²) in [5.41, 5.74) is 0.972. The van der Waals surface area contributed by atoms with Crippen LogP contribution in [0.5, 0.6) is 0 Å². The summed E-state index contributed by atoms with van der Waals surface area (Å²) in [7, 11) is 0. The maximum atomic E-state index is 12.0. The van der Waals surface area contributed by atoms with Crippen molar-refractivity contribution >= 4 is 29.1 Å². The number of amides is 1. The summed E-state index contributed by atoms with van der Waals surface area (Å²) >= 11 is 11.9. The molecule has 5 heteroatoms. The predicted molar refractivity (Wildman–Crippen MR) is 87.8 cm³/mol. The number of hydrogen-bond donors (Lipinski definition) is 2. The molecule has 1 saturated heterocycles. The summed E-state index contributed by atoms with van der Waals surface area (Å²) in [5.74, 6) is 0.782. The van der Waals surface area contributed by atoms with Gasteiger partial charge in [-0.2, -0.15) is 0 Å². The summed E-state index contributed by atoms with van der Waals surface area (Å²) in [5, 5.41) is 7.42. The monoisotopic (exact) mass is 328 g/mol. The molecule has 0 aliphatic carbocycles. The molecule has 1 aromatic carbocycles. The van der Waals surface area contributed by atoms with Gasteiger partial charge in [0.25, 0.3) is 0 Å². The zero-order valence-corrected chi connectivity index (χ0v) is 13.8. The fourth-order valence-electron chi connectivity index (χ4n) is 2.68. The average Bonchev–Trinajstić information content (AvgIpc) is 2.49. The van der Waals surface area contributed by atoms with Crippen LogP contribution in [0, 0.1) is 5.92 Å².